The van der Waals surface area contributed by atoms with E-state index in [4.69, 9.17) is 4.74 Å². The number of carbonyl (C=O) groups is 1. The minimum Gasteiger partial charge on any atom is -0.468 e. The van der Waals surface area contributed by atoms with Crippen LogP contribution in [-0.4, -0.2) is 37.1 Å². The summed E-state index contributed by atoms with van der Waals surface area (Å²) < 4.78 is 4.73. The lowest BCUT2D eigenvalue weighted by atomic mass is 10.00. The summed E-state index contributed by atoms with van der Waals surface area (Å²) in [7, 11) is 3.41. The molecule has 0 aromatic carbocycles. The van der Waals surface area contributed by atoms with E-state index in [1.807, 2.05) is 14.0 Å². The largest absolute Gasteiger partial charge is 0.468 e. The van der Waals surface area contributed by atoms with Gasteiger partial charge in [-0.3, -0.25) is 9.69 Å². The molecule has 0 radical (unpaired) electrons. The van der Waals surface area contributed by atoms with Crippen molar-refractivity contribution in [1.29, 1.82) is 0 Å². The van der Waals surface area contributed by atoms with Gasteiger partial charge in [-0.05, 0) is 33.4 Å². The molecule has 1 atom stereocenters. The summed E-state index contributed by atoms with van der Waals surface area (Å²) in [6.07, 6.45) is 2.00. The van der Waals surface area contributed by atoms with Crippen molar-refractivity contribution in [3.05, 3.63) is 0 Å². The topological polar surface area (TPSA) is 29.5 Å². The molecule has 0 bridgehead atoms. The van der Waals surface area contributed by atoms with Crippen molar-refractivity contribution < 1.29 is 9.53 Å². The second-order valence-electron chi connectivity index (χ2n) is 3.29. The highest BCUT2D eigenvalue weighted by Crippen LogP contribution is 2.27. The van der Waals surface area contributed by atoms with E-state index in [1.165, 1.54) is 7.11 Å². The maximum Gasteiger partial charge on any atom is 0.325 e. The van der Waals surface area contributed by atoms with Crippen molar-refractivity contribution in [1.82, 2.24) is 4.90 Å². The van der Waals surface area contributed by atoms with Crippen LogP contribution in [0.3, 0.4) is 0 Å². The molecule has 0 amide bonds. The van der Waals surface area contributed by atoms with Crippen LogP contribution >= 0.6 is 0 Å². The van der Waals surface area contributed by atoms with Crippen LogP contribution in [0.25, 0.3) is 0 Å². The second-order valence-corrected chi connectivity index (χ2v) is 3.29. The predicted octanol–water partition coefficient (Wildman–Crippen LogP) is 0.644. The fraction of sp³-hybridized carbons (Fsp3) is 0.875. The van der Waals surface area contributed by atoms with Gasteiger partial charge in [-0.2, -0.15) is 0 Å². The zero-order valence-corrected chi connectivity index (χ0v) is 7.39. The monoisotopic (exact) mass is 157 g/mol. The molecule has 0 unspecified atom stereocenters. The van der Waals surface area contributed by atoms with Crippen LogP contribution in [0.2, 0.25) is 0 Å². The number of carbonyl (C=O) groups excluding carboxylic acids is 1. The standard InChI is InChI=1S/C8H15NO2/c1-8(7(10)11-3)5-4-6-9(8)2/h4-6H2,1-3H3/t8-/m1/s1. The van der Waals surface area contributed by atoms with E-state index < -0.39 is 0 Å². The molecule has 0 aromatic heterocycles. The van der Waals surface area contributed by atoms with E-state index in [-0.39, 0.29) is 11.5 Å². The fourth-order valence-corrected chi connectivity index (χ4v) is 1.58. The lowest BCUT2D eigenvalue weighted by molar-refractivity contribution is -0.151. The van der Waals surface area contributed by atoms with Crippen LogP contribution < -0.4 is 0 Å². The van der Waals surface area contributed by atoms with Crippen LogP contribution in [0.1, 0.15) is 19.8 Å². The van der Waals surface area contributed by atoms with Gasteiger partial charge in [0.05, 0.1) is 7.11 Å². The molecular formula is C8H15NO2. The van der Waals surface area contributed by atoms with Gasteiger partial charge in [0.2, 0.25) is 0 Å². The van der Waals surface area contributed by atoms with Crippen LogP contribution in [0, 0.1) is 0 Å². The Bertz CT molecular complexity index is 169. The van der Waals surface area contributed by atoms with Gasteiger partial charge in [0.15, 0.2) is 0 Å². The minimum absolute atomic E-state index is 0.113. The predicted molar refractivity (Wildman–Crippen MR) is 42.3 cm³/mol. The Morgan fingerprint density at radius 1 is 1.64 bits per heavy atom. The molecule has 3 heteroatoms. The third kappa shape index (κ3) is 1.25. The maximum atomic E-state index is 11.3. The van der Waals surface area contributed by atoms with Crippen LogP contribution in [0.5, 0.6) is 0 Å². The number of nitrogens with zero attached hydrogens (tertiary/aromatic N) is 1. The summed E-state index contributed by atoms with van der Waals surface area (Å²) in [6.45, 7) is 2.93. The number of methoxy groups -OCH3 is 1. The lowest BCUT2D eigenvalue weighted by Gasteiger charge is -2.28. The normalized spacial score (nSPS) is 32.3. The molecular weight excluding hydrogens is 142 g/mol. The highest BCUT2D eigenvalue weighted by atomic mass is 16.5. The van der Waals surface area contributed by atoms with Gasteiger partial charge in [0, 0.05) is 0 Å². The quantitative estimate of drug-likeness (QED) is 0.523. The molecule has 0 aromatic rings. The van der Waals surface area contributed by atoms with Crippen molar-refractivity contribution in [2.24, 2.45) is 0 Å². The molecule has 11 heavy (non-hydrogen) atoms. The van der Waals surface area contributed by atoms with Gasteiger partial charge < -0.3 is 4.74 Å². The van der Waals surface area contributed by atoms with E-state index >= 15 is 0 Å². The van der Waals surface area contributed by atoms with E-state index in [0.29, 0.717) is 0 Å². The summed E-state index contributed by atoms with van der Waals surface area (Å²) in [6, 6.07) is 0. The fourth-order valence-electron chi connectivity index (χ4n) is 1.58. The smallest absolute Gasteiger partial charge is 0.325 e. The number of likely N-dealkylation sites (tertiary alicyclic amines) is 1. The first-order valence-electron chi connectivity index (χ1n) is 3.91. The second kappa shape index (κ2) is 2.81. The highest BCUT2D eigenvalue weighted by molar-refractivity contribution is 5.80. The van der Waals surface area contributed by atoms with Crippen molar-refractivity contribution in [2.75, 3.05) is 20.7 Å². The number of rotatable bonds is 1. The first-order valence-corrected chi connectivity index (χ1v) is 3.91. The van der Waals surface area contributed by atoms with E-state index in [2.05, 4.69) is 4.90 Å². The minimum atomic E-state index is -0.366. The summed E-state index contributed by atoms with van der Waals surface area (Å²) >= 11 is 0. The molecule has 1 heterocycles. The first-order chi connectivity index (χ1) is 5.11. The third-order valence-electron chi connectivity index (χ3n) is 2.62. The molecule has 0 N–H and O–H groups in total. The molecule has 1 saturated heterocycles. The molecule has 0 spiro atoms. The highest BCUT2D eigenvalue weighted by Gasteiger charge is 2.41. The maximum absolute atomic E-state index is 11.3. The number of ether oxygens (including phenoxy) is 1. The summed E-state index contributed by atoms with van der Waals surface area (Å²) in [5.74, 6) is -0.113. The van der Waals surface area contributed by atoms with E-state index in [0.717, 1.165) is 19.4 Å². The van der Waals surface area contributed by atoms with Gasteiger partial charge in [0.1, 0.15) is 5.54 Å². The zero-order valence-electron chi connectivity index (χ0n) is 7.39. The third-order valence-corrected chi connectivity index (χ3v) is 2.62. The Labute approximate surface area is 67.3 Å². The number of hydrogen-bond acceptors (Lipinski definition) is 3. The van der Waals surface area contributed by atoms with Gasteiger partial charge in [-0.25, -0.2) is 0 Å². The average molecular weight is 157 g/mol. The number of likely N-dealkylation sites (N-methyl/N-ethyl adjacent to an activating group) is 1. The summed E-state index contributed by atoms with van der Waals surface area (Å²) in [5.41, 5.74) is -0.366. The summed E-state index contributed by atoms with van der Waals surface area (Å²) in [5, 5.41) is 0. The van der Waals surface area contributed by atoms with E-state index in [1.54, 1.807) is 0 Å². The molecule has 1 aliphatic heterocycles. The Hall–Kier alpha value is -0.570. The Morgan fingerprint density at radius 2 is 2.27 bits per heavy atom. The van der Waals surface area contributed by atoms with Crippen molar-refractivity contribution in [3.8, 4) is 0 Å². The first kappa shape index (κ1) is 8.53. The molecule has 1 rings (SSSR count). The van der Waals surface area contributed by atoms with Gasteiger partial charge in [0.25, 0.3) is 0 Å². The van der Waals surface area contributed by atoms with Gasteiger partial charge >= 0.3 is 5.97 Å². The van der Waals surface area contributed by atoms with Crippen molar-refractivity contribution in [2.45, 2.75) is 25.3 Å². The Kier molecular flexibility index (Phi) is 2.18. The molecule has 0 aliphatic carbocycles. The Balaban J connectivity index is 2.72. The lowest BCUT2D eigenvalue weighted by Crippen LogP contribution is -2.46. The molecule has 1 fully saturated rings. The number of hydrogen-bond donors (Lipinski definition) is 0. The van der Waals surface area contributed by atoms with Crippen LogP contribution in [0.4, 0.5) is 0 Å². The Morgan fingerprint density at radius 3 is 2.64 bits per heavy atom. The average Bonchev–Trinajstić information content (AvgIpc) is 2.32. The van der Waals surface area contributed by atoms with Gasteiger partial charge in [-0.1, -0.05) is 0 Å². The van der Waals surface area contributed by atoms with Crippen molar-refractivity contribution >= 4 is 5.97 Å². The SMILES string of the molecule is COC(=O)[C@@]1(C)CCCN1C. The van der Waals surface area contributed by atoms with Gasteiger partial charge in [-0.15, -0.1) is 0 Å². The molecule has 64 valence electrons. The molecule has 3 nitrogen and oxygen atoms in total. The van der Waals surface area contributed by atoms with E-state index in [9.17, 15) is 4.79 Å². The zero-order chi connectivity index (χ0) is 8.48. The number of esters is 1. The van der Waals surface area contributed by atoms with Crippen LogP contribution in [-0.2, 0) is 9.53 Å². The molecule has 1 aliphatic rings. The van der Waals surface area contributed by atoms with Crippen molar-refractivity contribution in [3.63, 3.8) is 0 Å². The van der Waals surface area contributed by atoms with Crippen LogP contribution in [0.15, 0.2) is 0 Å². The summed E-state index contributed by atoms with van der Waals surface area (Å²) in [4.78, 5) is 13.3. The molecule has 0 saturated carbocycles.